The van der Waals surface area contributed by atoms with E-state index in [9.17, 15) is 23.1 Å². The molecule has 4 aromatic rings. The molecule has 290 valence electrons. The number of carbonyl (C=O) groups excluding carboxylic acids is 2. The minimum Gasteiger partial charge on any atom is -0.497 e. The minimum absolute atomic E-state index is 0.0397. The van der Waals surface area contributed by atoms with Gasteiger partial charge in [-0.1, -0.05) is 76.2 Å². The number of urea groups is 1. The van der Waals surface area contributed by atoms with E-state index in [1.807, 2.05) is 107 Å². The number of hydrogen-bond donors (Lipinski definition) is 2. The highest BCUT2D eigenvalue weighted by Crippen LogP contribution is 2.26. The topological polar surface area (TPSA) is 137 Å². The molecule has 3 atom stereocenters. The van der Waals surface area contributed by atoms with E-state index < -0.39 is 34.1 Å². The Kier molecular flexibility index (Phi) is 13.2. The third kappa shape index (κ3) is 9.31. The molecule has 1 unspecified atom stereocenters. The summed E-state index contributed by atoms with van der Waals surface area (Å²) in [5.41, 5.74) is 4.54. The summed E-state index contributed by atoms with van der Waals surface area (Å²) in [4.78, 5) is 31.8. The number of rotatable bonds is 17. The van der Waals surface area contributed by atoms with Gasteiger partial charge in [0, 0.05) is 37.4 Å². The van der Waals surface area contributed by atoms with Crippen LogP contribution in [0.2, 0.25) is 0 Å². The lowest BCUT2D eigenvalue weighted by atomic mass is 9.97. The summed E-state index contributed by atoms with van der Waals surface area (Å²) in [6, 6.07) is 23.5. The highest BCUT2D eigenvalue weighted by Gasteiger charge is 2.41. The Morgan fingerprint density at radius 2 is 1.56 bits per heavy atom. The second-order valence-electron chi connectivity index (χ2n) is 14.7. The number of nitrogens with zero attached hydrogens (tertiary/aromatic N) is 5. The Balaban J connectivity index is 1.36. The summed E-state index contributed by atoms with van der Waals surface area (Å²) < 4.78 is 36.2. The predicted octanol–water partition coefficient (Wildman–Crippen LogP) is 5.20. The molecule has 1 aromatic heterocycles. The van der Waals surface area contributed by atoms with Crippen molar-refractivity contribution >= 4 is 22.0 Å². The number of para-hydroxylation sites is 1. The number of carbonyl (C=O) groups is 2. The zero-order chi connectivity index (χ0) is 39.2. The molecule has 1 fully saturated rings. The van der Waals surface area contributed by atoms with E-state index in [4.69, 9.17) is 9.84 Å². The number of sulfonamides is 1. The van der Waals surface area contributed by atoms with Crippen molar-refractivity contribution in [1.82, 2.24) is 29.2 Å². The number of ether oxygens (including phenoxy) is 1. The van der Waals surface area contributed by atoms with Crippen molar-refractivity contribution in [2.45, 2.75) is 77.6 Å². The van der Waals surface area contributed by atoms with Gasteiger partial charge in [0.2, 0.25) is 15.9 Å². The van der Waals surface area contributed by atoms with Gasteiger partial charge in [-0.3, -0.25) is 4.79 Å². The van der Waals surface area contributed by atoms with Crippen LogP contribution >= 0.6 is 0 Å². The number of nitrogens with one attached hydrogen (secondary N) is 1. The van der Waals surface area contributed by atoms with E-state index in [0.717, 1.165) is 28.2 Å². The van der Waals surface area contributed by atoms with Crippen LogP contribution in [0, 0.1) is 25.7 Å². The van der Waals surface area contributed by atoms with Gasteiger partial charge in [-0.05, 0) is 74.1 Å². The lowest BCUT2D eigenvalue weighted by molar-refractivity contribution is -0.128. The first kappa shape index (κ1) is 40.5. The lowest BCUT2D eigenvalue weighted by Crippen LogP contribution is -2.57. The fraction of sp³-hybridized carbons (Fsp3) is 0.439. The van der Waals surface area contributed by atoms with Gasteiger partial charge in [0.05, 0.1) is 42.1 Å². The van der Waals surface area contributed by atoms with Crippen LogP contribution in [-0.2, 0) is 27.8 Å². The van der Waals surface area contributed by atoms with Gasteiger partial charge in [0.25, 0.3) is 0 Å². The van der Waals surface area contributed by atoms with Gasteiger partial charge in [0.15, 0.2) is 0 Å². The quantitative estimate of drug-likeness (QED) is 0.151. The van der Waals surface area contributed by atoms with Crippen LogP contribution in [0.1, 0.15) is 50.2 Å². The first-order valence-corrected chi connectivity index (χ1v) is 20.0. The first-order valence-electron chi connectivity index (χ1n) is 18.5. The summed E-state index contributed by atoms with van der Waals surface area (Å²) in [5.74, 6) is -0.167. The van der Waals surface area contributed by atoms with Gasteiger partial charge in [-0.2, -0.15) is 9.40 Å². The van der Waals surface area contributed by atoms with Crippen LogP contribution in [0.15, 0.2) is 89.8 Å². The molecule has 12 nitrogen and oxygen atoms in total. The molecule has 0 bridgehead atoms. The Hall–Kier alpha value is -4.72. The molecule has 0 radical (unpaired) electrons. The third-order valence-electron chi connectivity index (χ3n) is 9.90. The number of aliphatic hydroxyl groups is 1. The van der Waals surface area contributed by atoms with Crippen LogP contribution < -0.4 is 10.1 Å². The van der Waals surface area contributed by atoms with Crippen LogP contribution in [0.5, 0.6) is 5.75 Å². The van der Waals surface area contributed by atoms with Gasteiger partial charge in [0.1, 0.15) is 11.8 Å². The second kappa shape index (κ2) is 17.6. The minimum atomic E-state index is -4.01. The standard InChI is InChI=1S/C41H54N6O6S/c1-28(2)25-45(54(51,52)35-20-18-34(53-7)19-21-35)27-38(48)37(24-32-14-10-8-11-15-32)42-40(49)39(29(3)4)46-23-22-44(41(46)50)26-36-30(5)43-47(31(36)6)33-16-12-9-13-17-33/h8-21,28-29,37-39,48H,22-27H2,1-7H3,(H,42,49)/t37-,38+,39?/m0/s1. The number of aliphatic hydroxyl groups excluding tert-OH is 1. The number of methoxy groups -OCH3 is 1. The lowest BCUT2D eigenvalue weighted by Gasteiger charge is -2.34. The van der Waals surface area contributed by atoms with Crippen LogP contribution in [0.25, 0.3) is 5.69 Å². The Morgan fingerprint density at radius 3 is 2.15 bits per heavy atom. The summed E-state index contributed by atoms with van der Waals surface area (Å²) >= 11 is 0. The molecule has 0 aliphatic carbocycles. The Bertz CT molecular complexity index is 1970. The van der Waals surface area contributed by atoms with Gasteiger partial charge in [-0.15, -0.1) is 0 Å². The molecule has 2 heterocycles. The molecule has 0 spiro atoms. The maximum Gasteiger partial charge on any atom is 0.321 e. The first-order chi connectivity index (χ1) is 25.7. The van der Waals surface area contributed by atoms with Gasteiger partial charge >= 0.3 is 6.03 Å². The molecule has 1 aliphatic rings. The van der Waals surface area contributed by atoms with Crippen molar-refractivity contribution < 1.29 is 27.9 Å². The molecule has 54 heavy (non-hydrogen) atoms. The van der Waals surface area contributed by atoms with Crippen molar-refractivity contribution in [3.8, 4) is 11.4 Å². The molecule has 5 rings (SSSR count). The van der Waals surface area contributed by atoms with E-state index in [2.05, 4.69) is 5.32 Å². The van der Waals surface area contributed by atoms with Gasteiger partial charge < -0.3 is 25.0 Å². The maximum atomic E-state index is 14.3. The van der Waals surface area contributed by atoms with Crippen molar-refractivity contribution in [3.05, 3.63) is 107 Å². The molecule has 0 saturated carbocycles. The fourth-order valence-corrected chi connectivity index (χ4v) is 8.68. The van der Waals surface area contributed by atoms with Crippen LogP contribution in [-0.4, -0.2) is 101 Å². The van der Waals surface area contributed by atoms with Crippen molar-refractivity contribution in [2.75, 3.05) is 33.3 Å². The predicted molar refractivity (Wildman–Crippen MR) is 209 cm³/mol. The number of aryl methyl sites for hydroxylation is 1. The summed E-state index contributed by atoms with van der Waals surface area (Å²) in [6.07, 6.45) is -1.02. The fourth-order valence-electron chi connectivity index (χ4n) is 7.06. The smallest absolute Gasteiger partial charge is 0.321 e. The van der Waals surface area contributed by atoms with E-state index >= 15 is 0 Å². The average Bonchev–Trinajstić information content (AvgIpc) is 3.64. The van der Waals surface area contributed by atoms with Crippen molar-refractivity contribution in [1.29, 1.82) is 0 Å². The van der Waals surface area contributed by atoms with Gasteiger partial charge in [-0.25, -0.2) is 17.9 Å². The van der Waals surface area contributed by atoms with Crippen LogP contribution in [0.4, 0.5) is 4.79 Å². The molecule has 3 aromatic carbocycles. The second-order valence-corrected chi connectivity index (χ2v) is 16.7. The maximum absolute atomic E-state index is 14.3. The highest BCUT2D eigenvalue weighted by atomic mass is 32.2. The Labute approximate surface area is 319 Å². The molecule has 3 amide bonds. The van der Waals surface area contributed by atoms with E-state index in [0.29, 0.717) is 25.4 Å². The van der Waals surface area contributed by atoms with E-state index in [-0.39, 0.29) is 42.3 Å². The van der Waals surface area contributed by atoms with Crippen molar-refractivity contribution in [2.24, 2.45) is 11.8 Å². The molecular weight excluding hydrogens is 705 g/mol. The average molecular weight is 759 g/mol. The number of amides is 3. The van der Waals surface area contributed by atoms with Crippen molar-refractivity contribution in [3.63, 3.8) is 0 Å². The van der Waals surface area contributed by atoms with E-state index in [1.165, 1.54) is 23.5 Å². The summed E-state index contributed by atoms with van der Waals surface area (Å²) in [7, 11) is -2.50. The highest BCUT2D eigenvalue weighted by molar-refractivity contribution is 7.89. The molecule has 1 aliphatic heterocycles. The monoisotopic (exact) mass is 758 g/mol. The van der Waals surface area contributed by atoms with Crippen LogP contribution in [0.3, 0.4) is 0 Å². The Morgan fingerprint density at radius 1 is 0.926 bits per heavy atom. The largest absolute Gasteiger partial charge is 0.497 e. The zero-order valence-corrected chi connectivity index (χ0v) is 33.2. The number of aromatic nitrogens is 2. The SMILES string of the molecule is COc1ccc(S(=O)(=O)N(CC(C)C)C[C@@H](O)[C@H](Cc2ccccc2)NC(=O)C(C(C)C)N2CCN(Cc3c(C)nn(-c4ccccc4)c3C)C2=O)cc1. The zero-order valence-electron chi connectivity index (χ0n) is 32.3. The normalized spacial score (nSPS) is 15.3. The summed E-state index contributed by atoms with van der Waals surface area (Å²) in [5, 5.41) is 19.6. The number of benzene rings is 3. The molecule has 2 N–H and O–H groups in total. The number of hydrogen-bond acceptors (Lipinski definition) is 7. The van der Waals surface area contributed by atoms with E-state index in [1.54, 1.807) is 21.9 Å². The summed E-state index contributed by atoms with van der Waals surface area (Å²) in [6.45, 7) is 12.6. The molecule has 1 saturated heterocycles. The molecule has 13 heteroatoms. The molecular formula is C41H54N6O6S. The third-order valence-corrected chi connectivity index (χ3v) is 11.7.